The van der Waals surface area contributed by atoms with Gasteiger partial charge in [-0.25, -0.2) is 4.98 Å². The maximum absolute atomic E-state index is 6.13. The molecule has 0 amide bonds. The normalized spacial score (nSPS) is 23.3. The van der Waals surface area contributed by atoms with E-state index in [1.54, 1.807) is 0 Å². The molecule has 1 aromatic carbocycles. The highest BCUT2D eigenvalue weighted by molar-refractivity contribution is 5.79. The average Bonchev–Trinajstić information content (AvgIpc) is 2.76. The van der Waals surface area contributed by atoms with Crippen molar-refractivity contribution in [2.45, 2.75) is 52.5 Å². The third kappa shape index (κ3) is 2.54. The van der Waals surface area contributed by atoms with E-state index in [4.69, 9.17) is 5.73 Å². The SMILES string of the molecule is CCC1CCC(Cn2c(N)nc3ccc(C)cc32)CC1. The predicted molar refractivity (Wildman–Crippen MR) is 84.6 cm³/mol. The van der Waals surface area contributed by atoms with E-state index in [1.807, 2.05) is 0 Å². The van der Waals surface area contributed by atoms with Crippen molar-refractivity contribution in [3.63, 3.8) is 0 Å². The van der Waals surface area contributed by atoms with Gasteiger partial charge in [-0.3, -0.25) is 0 Å². The lowest BCUT2D eigenvalue weighted by Crippen LogP contribution is -2.19. The molecule has 0 atom stereocenters. The van der Waals surface area contributed by atoms with Gasteiger partial charge in [0.15, 0.2) is 0 Å². The zero-order valence-electron chi connectivity index (χ0n) is 12.6. The summed E-state index contributed by atoms with van der Waals surface area (Å²) in [5.41, 5.74) is 9.62. The monoisotopic (exact) mass is 271 g/mol. The van der Waals surface area contributed by atoms with Crippen LogP contribution in [0.5, 0.6) is 0 Å². The summed E-state index contributed by atoms with van der Waals surface area (Å²) in [4.78, 5) is 4.49. The number of nitrogen functional groups attached to an aromatic ring is 1. The van der Waals surface area contributed by atoms with E-state index in [1.165, 1.54) is 43.2 Å². The molecule has 20 heavy (non-hydrogen) atoms. The van der Waals surface area contributed by atoms with Crippen molar-refractivity contribution in [1.82, 2.24) is 9.55 Å². The van der Waals surface area contributed by atoms with E-state index < -0.39 is 0 Å². The molecule has 0 saturated heterocycles. The molecule has 108 valence electrons. The van der Waals surface area contributed by atoms with Gasteiger partial charge < -0.3 is 10.3 Å². The smallest absolute Gasteiger partial charge is 0.201 e. The van der Waals surface area contributed by atoms with E-state index in [-0.39, 0.29) is 0 Å². The van der Waals surface area contributed by atoms with Gasteiger partial charge in [0.2, 0.25) is 5.95 Å². The van der Waals surface area contributed by atoms with Gasteiger partial charge in [0.25, 0.3) is 0 Å². The van der Waals surface area contributed by atoms with E-state index in [2.05, 4.69) is 41.6 Å². The molecule has 3 rings (SSSR count). The Kier molecular flexibility index (Phi) is 3.68. The molecule has 1 fully saturated rings. The van der Waals surface area contributed by atoms with Crippen LogP contribution in [0.4, 0.5) is 5.95 Å². The van der Waals surface area contributed by atoms with Crippen molar-refractivity contribution in [3.8, 4) is 0 Å². The second kappa shape index (κ2) is 5.47. The largest absolute Gasteiger partial charge is 0.369 e. The standard InChI is InChI=1S/C17H25N3/c1-3-13-5-7-14(8-6-13)11-20-16-10-12(2)4-9-15(16)19-17(20)18/h4,9-10,13-14H,3,5-8,11H2,1-2H3,(H2,18,19). The fraction of sp³-hybridized carbons (Fsp3) is 0.588. The summed E-state index contributed by atoms with van der Waals surface area (Å²) in [5.74, 6) is 2.38. The van der Waals surface area contributed by atoms with Crippen molar-refractivity contribution in [2.75, 3.05) is 5.73 Å². The van der Waals surface area contributed by atoms with E-state index in [9.17, 15) is 0 Å². The first-order chi connectivity index (χ1) is 9.67. The van der Waals surface area contributed by atoms with Gasteiger partial charge >= 0.3 is 0 Å². The summed E-state index contributed by atoms with van der Waals surface area (Å²) in [6, 6.07) is 6.38. The lowest BCUT2D eigenvalue weighted by atomic mass is 9.81. The Bertz CT molecular complexity index is 592. The molecule has 1 aliphatic rings. The van der Waals surface area contributed by atoms with Crippen LogP contribution >= 0.6 is 0 Å². The molecule has 2 N–H and O–H groups in total. The summed E-state index contributed by atoms with van der Waals surface area (Å²) in [6.07, 6.45) is 6.77. The third-order valence-electron chi connectivity index (χ3n) is 4.92. The van der Waals surface area contributed by atoms with Crippen LogP contribution in [0.2, 0.25) is 0 Å². The van der Waals surface area contributed by atoms with Crippen LogP contribution in [-0.4, -0.2) is 9.55 Å². The number of imidazole rings is 1. The fourth-order valence-electron chi connectivity index (χ4n) is 3.52. The number of aryl methyl sites for hydroxylation is 1. The van der Waals surface area contributed by atoms with Gasteiger partial charge in [-0.2, -0.15) is 0 Å². The quantitative estimate of drug-likeness (QED) is 0.911. The Morgan fingerprint density at radius 3 is 2.60 bits per heavy atom. The third-order valence-corrected chi connectivity index (χ3v) is 4.92. The molecule has 1 saturated carbocycles. The second-order valence-electron chi connectivity index (χ2n) is 6.37. The van der Waals surface area contributed by atoms with Gasteiger partial charge in [0, 0.05) is 6.54 Å². The van der Waals surface area contributed by atoms with Gasteiger partial charge in [-0.15, -0.1) is 0 Å². The first kappa shape index (κ1) is 13.5. The van der Waals surface area contributed by atoms with Crippen LogP contribution in [0.25, 0.3) is 11.0 Å². The Hall–Kier alpha value is -1.51. The molecule has 3 heteroatoms. The Morgan fingerprint density at radius 1 is 1.20 bits per heavy atom. The molecular formula is C17H25N3. The summed E-state index contributed by atoms with van der Waals surface area (Å²) in [5, 5.41) is 0. The maximum Gasteiger partial charge on any atom is 0.201 e. The molecule has 0 radical (unpaired) electrons. The summed E-state index contributed by atoms with van der Waals surface area (Å²) in [7, 11) is 0. The maximum atomic E-state index is 6.13. The average molecular weight is 271 g/mol. The van der Waals surface area contributed by atoms with Crippen LogP contribution in [0.3, 0.4) is 0 Å². The first-order valence-electron chi connectivity index (χ1n) is 7.89. The fourth-order valence-corrected chi connectivity index (χ4v) is 3.52. The van der Waals surface area contributed by atoms with Gasteiger partial charge in [-0.1, -0.05) is 32.3 Å². The van der Waals surface area contributed by atoms with Crippen LogP contribution in [0.15, 0.2) is 18.2 Å². The Morgan fingerprint density at radius 2 is 1.90 bits per heavy atom. The minimum absolute atomic E-state index is 0.670. The molecule has 1 aliphatic carbocycles. The molecule has 0 spiro atoms. The number of rotatable bonds is 3. The highest BCUT2D eigenvalue weighted by Crippen LogP contribution is 2.32. The number of hydrogen-bond donors (Lipinski definition) is 1. The topological polar surface area (TPSA) is 43.8 Å². The zero-order valence-corrected chi connectivity index (χ0v) is 12.6. The molecule has 2 aromatic rings. The van der Waals surface area contributed by atoms with Crippen LogP contribution in [-0.2, 0) is 6.54 Å². The molecule has 1 aromatic heterocycles. The number of fused-ring (bicyclic) bond motifs is 1. The van der Waals surface area contributed by atoms with Gasteiger partial charge in [0.1, 0.15) is 0 Å². The van der Waals surface area contributed by atoms with Gasteiger partial charge in [0.05, 0.1) is 11.0 Å². The second-order valence-corrected chi connectivity index (χ2v) is 6.37. The molecule has 0 bridgehead atoms. The lowest BCUT2D eigenvalue weighted by molar-refractivity contribution is 0.250. The molecule has 3 nitrogen and oxygen atoms in total. The van der Waals surface area contributed by atoms with Crippen molar-refractivity contribution in [1.29, 1.82) is 0 Å². The number of nitrogens with zero attached hydrogens (tertiary/aromatic N) is 2. The van der Waals surface area contributed by atoms with Crippen LogP contribution in [0.1, 0.15) is 44.6 Å². The zero-order chi connectivity index (χ0) is 14.1. The minimum Gasteiger partial charge on any atom is -0.369 e. The van der Waals surface area contributed by atoms with Crippen molar-refractivity contribution < 1.29 is 0 Å². The van der Waals surface area contributed by atoms with Crippen molar-refractivity contribution >= 4 is 17.0 Å². The summed E-state index contributed by atoms with van der Waals surface area (Å²) < 4.78 is 2.22. The lowest BCUT2D eigenvalue weighted by Gasteiger charge is -2.28. The molecule has 0 unspecified atom stereocenters. The molecule has 0 aliphatic heterocycles. The number of benzene rings is 1. The minimum atomic E-state index is 0.670. The molecule has 1 heterocycles. The van der Waals surface area contributed by atoms with E-state index in [0.717, 1.165) is 23.9 Å². The highest BCUT2D eigenvalue weighted by atomic mass is 15.2. The summed E-state index contributed by atoms with van der Waals surface area (Å²) in [6.45, 7) is 5.47. The number of hydrogen-bond acceptors (Lipinski definition) is 2. The van der Waals surface area contributed by atoms with E-state index in [0.29, 0.717) is 5.95 Å². The van der Waals surface area contributed by atoms with Crippen LogP contribution < -0.4 is 5.73 Å². The van der Waals surface area contributed by atoms with Crippen LogP contribution in [0, 0.1) is 18.8 Å². The Balaban J connectivity index is 1.80. The Labute approximate surface area is 121 Å². The number of aromatic nitrogens is 2. The first-order valence-corrected chi connectivity index (χ1v) is 7.89. The summed E-state index contributed by atoms with van der Waals surface area (Å²) >= 11 is 0. The van der Waals surface area contributed by atoms with Gasteiger partial charge in [-0.05, 0) is 49.3 Å². The van der Waals surface area contributed by atoms with Crippen molar-refractivity contribution in [2.24, 2.45) is 11.8 Å². The predicted octanol–water partition coefficient (Wildman–Crippen LogP) is 4.14. The number of nitrogens with two attached hydrogens (primary N) is 1. The number of anilines is 1. The van der Waals surface area contributed by atoms with Crippen molar-refractivity contribution in [3.05, 3.63) is 23.8 Å². The highest BCUT2D eigenvalue weighted by Gasteiger charge is 2.21. The van der Waals surface area contributed by atoms with E-state index >= 15 is 0 Å². The molecular weight excluding hydrogens is 246 g/mol.